The summed E-state index contributed by atoms with van der Waals surface area (Å²) in [5, 5.41) is 22.7. The number of nitrogens with two attached hydrogens (primary N) is 2. The number of hydrogen-bond acceptors (Lipinski definition) is 14. The summed E-state index contributed by atoms with van der Waals surface area (Å²) in [6, 6.07) is 3.84. The normalized spacial score (nSPS) is 27.6. The van der Waals surface area contributed by atoms with Crippen molar-refractivity contribution in [1.29, 1.82) is 0 Å². The van der Waals surface area contributed by atoms with E-state index in [1.54, 1.807) is 64.1 Å². The Morgan fingerprint density at radius 2 is 0.970 bits per heavy atom. The second kappa shape index (κ2) is 18.0. The van der Waals surface area contributed by atoms with Crippen molar-refractivity contribution in [3.8, 4) is 0 Å². The first-order valence-electron chi connectivity index (χ1n) is 20.8. The van der Waals surface area contributed by atoms with Gasteiger partial charge in [0, 0.05) is 9.49 Å². The average molecular weight is 953 g/mol. The van der Waals surface area contributed by atoms with Gasteiger partial charge in [-0.15, -0.1) is 23.5 Å². The van der Waals surface area contributed by atoms with Crippen LogP contribution in [0.4, 0.5) is 19.2 Å². The van der Waals surface area contributed by atoms with E-state index in [0.717, 1.165) is 33.3 Å². The van der Waals surface area contributed by atoms with Crippen LogP contribution in [0.25, 0.3) is 0 Å². The highest BCUT2D eigenvalue weighted by Gasteiger charge is 2.69. The number of urea groups is 2. The van der Waals surface area contributed by atoms with Crippen LogP contribution in [0.5, 0.6) is 0 Å². The number of benzene rings is 2. The minimum Gasteiger partial charge on any atom is -0.480 e. The first-order chi connectivity index (χ1) is 31.1. The Morgan fingerprint density at radius 3 is 1.27 bits per heavy atom. The molecule has 10 atom stereocenters. The van der Waals surface area contributed by atoms with Crippen molar-refractivity contribution in [1.82, 2.24) is 30.2 Å². The topological polar surface area (TPSA) is 319 Å². The molecule has 5 aliphatic rings. The van der Waals surface area contributed by atoms with E-state index in [1.807, 2.05) is 0 Å². The van der Waals surface area contributed by atoms with Gasteiger partial charge in [0.25, 0.3) is 23.6 Å². The molecule has 4 saturated heterocycles. The Kier molecular flexibility index (Phi) is 12.9. The minimum absolute atomic E-state index is 0.0251. The van der Waals surface area contributed by atoms with Crippen molar-refractivity contribution in [3.63, 3.8) is 0 Å². The number of thioether (sulfide) groups is 2. The Hall–Kier alpha value is -6.56. The molecule has 22 nitrogen and oxygen atoms in total. The van der Waals surface area contributed by atoms with Gasteiger partial charge in [-0.25, -0.2) is 38.6 Å². The summed E-state index contributed by atoms with van der Waals surface area (Å²) >= 11 is 2.08. The highest BCUT2D eigenvalue weighted by atomic mass is 32.2. The van der Waals surface area contributed by atoms with Gasteiger partial charge in [0.15, 0.2) is 12.1 Å². The van der Waals surface area contributed by atoms with Gasteiger partial charge in [-0.05, 0) is 64.5 Å². The third kappa shape index (κ3) is 8.53. The largest absolute Gasteiger partial charge is 0.480 e. The lowest BCUT2D eigenvalue weighted by Gasteiger charge is -2.48. The number of nitrogens with one attached hydrogen (secondary N) is 2. The minimum atomic E-state index is -1.64. The highest BCUT2D eigenvalue weighted by Crippen LogP contribution is 2.54. The smallest absolute Gasteiger partial charge is 0.417 e. The Morgan fingerprint density at radius 1 is 0.636 bits per heavy atom. The molecule has 4 heterocycles. The molecule has 4 aliphatic heterocycles. The zero-order valence-corrected chi connectivity index (χ0v) is 37.6. The maximum atomic E-state index is 14.7. The number of aliphatic carboxylic acids is 2. The molecule has 1 saturated carbocycles. The lowest BCUT2D eigenvalue weighted by molar-refractivity contribution is -0.169. The molecular weight excluding hydrogens is 905 g/mol. The van der Waals surface area contributed by atoms with Crippen LogP contribution in [-0.2, 0) is 38.2 Å². The van der Waals surface area contributed by atoms with Crippen molar-refractivity contribution in [2.75, 3.05) is 0 Å². The van der Waals surface area contributed by atoms with Crippen molar-refractivity contribution >= 4 is 83.3 Å². The van der Waals surface area contributed by atoms with Gasteiger partial charge < -0.3 is 51.6 Å². The molecule has 10 amide bonds. The van der Waals surface area contributed by atoms with E-state index in [4.69, 9.17) is 20.9 Å². The fourth-order valence-electron chi connectivity index (χ4n) is 9.28. The fraction of sp³-hybridized carbons (Fsp3) is 0.476. The number of amides is 10. The molecule has 0 spiro atoms. The molecule has 4 unspecified atom stereocenters. The van der Waals surface area contributed by atoms with Gasteiger partial charge in [-0.2, -0.15) is 0 Å². The summed E-state index contributed by atoms with van der Waals surface area (Å²) in [7, 11) is 0. The van der Waals surface area contributed by atoms with E-state index in [0.29, 0.717) is 22.6 Å². The maximum Gasteiger partial charge on any atom is 0.417 e. The molecule has 352 valence electrons. The zero-order valence-electron chi connectivity index (χ0n) is 35.9. The van der Waals surface area contributed by atoms with E-state index in [-0.39, 0.29) is 24.0 Å². The number of imide groups is 2. The van der Waals surface area contributed by atoms with Crippen molar-refractivity contribution in [3.05, 3.63) is 71.8 Å². The second-order valence-corrected chi connectivity index (χ2v) is 20.9. The molecule has 66 heavy (non-hydrogen) atoms. The summed E-state index contributed by atoms with van der Waals surface area (Å²) in [5.74, 6) is -6.71. The lowest BCUT2D eigenvalue weighted by atomic mass is 9.94. The van der Waals surface area contributed by atoms with E-state index in [1.165, 1.54) is 24.3 Å². The molecule has 0 radical (unpaired) electrons. The first kappa shape index (κ1) is 47.4. The van der Waals surface area contributed by atoms with E-state index in [9.17, 15) is 58.2 Å². The summed E-state index contributed by atoms with van der Waals surface area (Å²) in [5.41, 5.74) is 11.3. The molecule has 5 fully saturated rings. The number of carboxylic acids is 2. The lowest BCUT2D eigenvalue weighted by Crippen LogP contribution is -2.73. The number of rotatable bonds is 12. The van der Waals surface area contributed by atoms with Gasteiger partial charge >= 0.3 is 36.2 Å². The average Bonchev–Trinajstić information content (AvgIpc) is 3.66. The van der Waals surface area contributed by atoms with Gasteiger partial charge in [0.05, 0.1) is 0 Å². The number of nitrogens with zero attached hydrogens (tertiary/aromatic N) is 4. The van der Waals surface area contributed by atoms with Crippen LogP contribution >= 0.6 is 23.5 Å². The summed E-state index contributed by atoms with van der Waals surface area (Å²) in [4.78, 5) is 139. The van der Waals surface area contributed by atoms with E-state index >= 15 is 0 Å². The van der Waals surface area contributed by atoms with Crippen molar-refractivity contribution < 1.29 is 67.6 Å². The molecule has 0 aromatic heterocycles. The number of hydrogen-bond donors (Lipinski definition) is 6. The Labute approximate surface area is 385 Å². The van der Waals surface area contributed by atoms with Crippen LogP contribution in [0.3, 0.4) is 0 Å². The number of carbonyl (C=O) groups excluding carboxylic acids is 8. The SMILES string of the molecule is CC1(C)S[C@@H]2[C@H](N(C(=O)OC3CCCCC3OC(=O)N(C(=O)C(NC(N)=O)c3ccccc3)[C@@H]3C(=O)N4[C@@H]3SC(C)(C)[C@@H]4C(=O)O)C(=O)C(NC(N)=O)c3ccccc3)C(=O)N2[C@H]1C(=O)O. The van der Waals surface area contributed by atoms with Gasteiger partial charge in [0.1, 0.15) is 47.1 Å². The summed E-state index contributed by atoms with van der Waals surface area (Å²) in [6.45, 7) is 6.38. The Balaban J connectivity index is 1.21. The van der Waals surface area contributed by atoms with Crippen LogP contribution in [0, 0.1) is 0 Å². The number of β-lactam (4-membered cyclic amide) rings is 2. The van der Waals surface area contributed by atoms with Crippen molar-refractivity contribution in [2.24, 2.45) is 11.5 Å². The predicted octanol–water partition coefficient (Wildman–Crippen LogP) is 2.08. The first-order valence-corrected chi connectivity index (χ1v) is 22.6. The van der Waals surface area contributed by atoms with Gasteiger partial charge in [-0.3, -0.25) is 19.2 Å². The number of carboxylic acid groups (broad SMARTS) is 2. The molecule has 7 rings (SSSR count). The predicted molar refractivity (Wildman–Crippen MR) is 232 cm³/mol. The molecule has 8 N–H and O–H groups in total. The number of fused-ring (bicyclic) bond motifs is 2. The fourth-order valence-corrected chi connectivity index (χ4v) is 12.6. The zero-order chi connectivity index (χ0) is 48.2. The third-order valence-electron chi connectivity index (χ3n) is 12.2. The van der Waals surface area contributed by atoms with E-state index in [2.05, 4.69) is 10.6 Å². The molecular formula is C42H48N8O14S2. The molecule has 2 aromatic rings. The van der Waals surface area contributed by atoms with Crippen LogP contribution in [0.2, 0.25) is 0 Å². The highest BCUT2D eigenvalue weighted by molar-refractivity contribution is 8.02. The molecule has 0 bridgehead atoms. The molecule has 1 aliphatic carbocycles. The monoisotopic (exact) mass is 952 g/mol. The number of carbonyl (C=O) groups is 10. The second-order valence-electron chi connectivity index (χ2n) is 17.3. The standard InChI is InChI=1S/C42H48N8O14S2/c1-41(2)27(35(55)56)49-31(53)25(33(49)65-41)47(29(51)23(45-37(43)59)19-13-7-5-8-14-19)39(61)63-21-17-11-12-18-22(21)64-40(62)48(30(52)24(46-38(44)60)20-15-9-6-10-16-20)26-32(54)50-28(36(57)58)42(3,4)66-34(26)50/h5-10,13-16,21-28,33-34H,11-12,17-18H2,1-4H3,(H,55,56)(H,57,58)(H3,43,45,59)(H3,44,46,60)/t21?,22?,23?,24?,25-,26-,27+,28+,33-,34-/m1/s1. The van der Waals surface area contributed by atoms with Crippen LogP contribution < -0.4 is 22.1 Å². The van der Waals surface area contributed by atoms with E-state index < -0.39 is 129 Å². The number of primary amides is 2. The summed E-state index contributed by atoms with van der Waals surface area (Å²) in [6.07, 6.45) is -4.67. The molecule has 2 aromatic carbocycles. The van der Waals surface area contributed by atoms with Gasteiger partial charge in [-0.1, -0.05) is 60.7 Å². The quantitative estimate of drug-likeness (QED) is 0.166. The van der Waals surface area contributed by atoms with Crippen LogP contribution in [0.15, 0.2) is 60.7 Å². The number of ether oxygens (including phenoxy) is 2. The van der Waals surface area contributed by atoms with Crippen LogP contribution in [0.1, 0.15) is 76.6 Å². The molecule has 24 heteroatoms. The Bertz CT molecular complexity index is 2200. The van der Waals surface area contributed by atoms with Crippen molar-refractivity contribution in [2.45, 2.75) is 122 Å². The summed E-state index contributed by atoms with van der Waals surface area (Å²) < 4.78 is 9.75. The van der Waals surface area contributed by atoms with Crippen LogP contribution in [-0.4, -0.2) is 146 Å². The third-order valence-corrected chi connectivity index (χ3v) is 15.3. The van der Waals surface area contributed by atoms with Gasteiger partial charge in [0.2, 0.25) is 0 Å². The maximum absolute atomic E-state index is 14.7.